The first kappa shape index (κ1) is 17.3. The number of esters is 1. The summed E-state index contributed by atoms with van der Waals surface area (Å²) in [5.41, 5.74) is 1.27. The Kier molecular flexibility index (Phi) is 3.64. The van der Waals surface area contributed by atoms with Gasteiger partial charge in [0.25, 0.3) is 11.4 Å². The molecule has 0 amide bonds. The van der Waals surface area contributed by atoms with Crippen LogP contribution < -0.4 is 4.74 Å². The van der Waals surface area contributed by atoms with Crippen molar-refractivity contribution in [3.8, 4) is 17.2 Å². The molecule has 1 aliphatic heterocycles. The average Bonchev–Trinajstić information content (AvgIpc) is 3.35. The van der Waals surface area contributed by atoms with E-state index in [9.17, 15) is 9.59 Å². The molecule has 148 valence electrons. The van der Waals surface area contributed by atoms with E-state index < -0.39 is 11.8 Å². The van der Waals surface area contributed by atoms with Gasteiger partial charge in [0.2, 0.25) is 17.6 Å². The van der Waals surface area contributed by atoms with Crippen molar-refractivity contribution in [1.82, 2.24) is 9.97 Å². The lowest BCUT2D eigenvalue weighted by molar-refractivity contribution is -0.130. The number of aromatic nitrogens is 2. The second kappa shape index (κ2) is 6.50. The first-order valence-corrected chi connectivity index (χ1v) is 9.50. The number of hydrogen-bond acceptors (Lipinski definition) is 7. The molecule has 5 aromatic rings. The van der Waals surface area contributed by atoms with E-state index in [0.29, 0.717) is 11.5 Å². The Balaban J connectivity index is 1.38. The van der Waals surface area contributed by atoms with Crippen LogP contribution in [0.1, 0.15) is 16.2 Å². The molecule has 0 saturated heterocycles. The molecule has 0 saturated carbocycles. The Morgan fingerprint density at radius 3 is 2.26 bits per heavy atom. The van der Waals surface area contributed by atoms with Crippen molar-refractivity contribution in [1.29, 1.82) is 0 Å². The average molecular weight is 408 g/mol. The summed E-state index contributed by atoms with van der Waals surface area (Å²) in [7, 11) is 0. The number of oxazole rings is 2. The Morgan fingerprint density at radius 2 is 1.48 bits per heavy atom. The normalized spacial score (nSPS) is 14.9. The molecular weight excluding hydrogens is 396 g/mol. The van der Waals surface area contributed by atoms with Crippen molar-refractivity contribution in [2.45, 2.75) is 0 Å². The van der Waals surface area contributed by atoms with Crippen LogP contribution >= 0.6 is 0 Å². The molecule has 3 heterocycles. The molecule has 31 heavy (non-hydrogen) atoms. The van der Waals surface area contributed by atoms with E-state index >= 15 is 0 Å². The molecule has 3 aromatic carbocycles. The van der Waals surface area contributed by atoms with Gasteiger partial charge in [-0.1, -0.05) is 42.5 Å². The van der Waals surface area contributed by atoms with Gasteiger partial charge in [-0.3, -0.25) is 4.79 Å². The number of carbonyl (C=O) groups is 2. The zero-order chi connectivity index (χ0) is 20.9. The maximum atomic E-state index is 13.0. The van der Waals surface area contributed by atoms with Gasteiger partial charge in [0.05, 0.1) is 5.56 Å². The molecule has 0 spiro atoms. The van der Waals surface area contributed by atoms with Crippen molar-refractivity contribution in [3.63, 3.8) is 0 Å². The zero-order valence-corrected chi connectivity index (χ0v) is 15.9. The Labute approximate surface area is 174 Å². The molecule has 7 nitrogen and oxygen atoms in total. The minimum absolute atomic E-state index is 0.0328. The highest BCUT2D eigenvalue weighted by Crippen LogP contribution is 2.33. The van der Waals surface area contributed by atoms with Crippen molar-refractivity contribution in [2.24, 2.45) is 0 Å². The van der Waals surface area contributed by atoms with Gasteiger partial charge >= 0.3 is 5.97 Å². The molecule has 0 radical (unpaired) electrons. The van der Waals surface area contributed by atoms with Crippen molar-refractivity contribution < 1.29 is 23.2 Å². The number of fused-ring (bicyclic) bond motifs is 3. The Bertz CT molecular complexity index is 1510. The van der Waals surface area contributed by atoms with Crippen molar-refractivity contribution in [2.75, 3.05) is 0 Å². The second-order valence-electron chi connectivity index (χ2n) is 7.02. The topological polar surface area (TPSA) is 95.4 Å². The number of rotatable bonds is 2. The molecule has 0 atom stereocenters. The molecule has 1 aliphatic rings. The third kappa shape index (κ3) is 2.83. The zero-order valence-electron chi connectivity index (χ0n) is 15.9. The van der Waals surface area contributed by atoms with Gasteiger partial charge < -0.3 is 13.6 Å². The molecular formula is C24H12N2O5. The predicted octanol–water partition coefficient (Wildman–Crippen LogP) is 4.82. The lowest BCUT2D eigenvalue weighted by Gasteiger charge is -2.17. The quantitative estimate of drug-likeness (QED) is 0.179. The van der Waals surface area contributed by atoms with E-state index in [4.69, 9.17) is 13.6 Å². The summed E-state index contributed by atoms with van der Waals surface area (Å²) in [5, 5.41) is 1.75. The van der Waals surface area contributed by atoms with Crippen LogP contribution in [-0.2, 0) is 4.79 Å². The summed E-state index contributed by atoms with van der Waals surface area (Å²) in [6.07, 6.45) is 1.25. The van der Waals surface area contributed by atoms with Crippen LogP contribution in [0.3, 0.4) is 0 Å². The van der Waals surface area contributed by atoms with Gasteiger partial charge in [0, 0.05) is 11.6 Å². The van der Waals surface area contributed by atoms with E-state index in [0.717, 1.165) is 16.3 Å². The molecule has 0 bridgehead atoms. The molecule has 2 aromatic heterocycles. The maximum absolute atomic E-state index is 13.0. The van der Waals surface area contributed by atoms with Crippen LogP contribution in [-0.4, -0.2) is 21.7 Å². The number of Topliss-reactive ketones (excluding diaryl/α,β-unsaturated/α-hetero) is 1. The monoisotopic (exact) mass is 408 g/mol. The third-order valence-electron chi connectivity index (χ3n) is 5.04. The number of carbonyl (C=O) groups excluding carboxylic acids is 2. The number of ketones is 1. The summed E-state index contributed by atoms with van der Waals surface area (Å²) in [6.45, 7) is 0. The van der Waals surface area contributed by atoms with Gasteiger partial charge in [-0.2, -0.15) is 9.97 Å². The van der Waals surface area contributed by atoms with E-state index in [1.54, 1.807) is 12.1 Å². The molecule has 7 heteroatoms. The fourth-order valence-electron chi connectivity index (χ4n) is 3.54. The fourth-order valence-corrected chi connectivity index (χ4v) is 3.54. The number of benzene rings is 3. The fraction of sp³-hybridized carbons (Fsp3) is 0. The van der Waals surface area contributed by atoms with Gasteiger partial charge in [-0.15, -0.1) is 0 Å². The summed E-state index contributed by atoms with van der Waals surface area (Å²) in [5.74, 6) is -0.577. The largest absolute Gasteiger partial charge is 0.422 e. The van der Waals surface area contributed by atoms with Crippen LogP contribution in [0.5, 0.6) is 5.75 Å². The van der Waals surface area contributed by atoms with Crippen LogP contribution in [0.2, 0.25) is 0 Å². The number of nitrogens with zero attached hydrogens (tertiary/aromatic N) is 2. The van der Waals surface area contributed by atoms with E-state index in [-0.39, 0.29) is 28.6 Å². The van der Waals surface area contributed by atoms with Gasteiger partial charge in [0.15, 0.2) is 0 Å². The third-order valence-corrected chi connectivity index (χ3v) is 5.04. The summed E-state index contributed by atoms with van der Waals surface area (Å²) >= 11 is 0. The van der Waals surface area contributed by atoms with E-state index in [1.807, 2.05) is 54.6 Å². The number of ether oxygens (including phenoxy) is 1. The van der Waals surface area contributed by atoms with Crippen molar-refractivity contribution >= 4 is 40.0 Å². The second-order valence-corrected chi connectivity index (χ2v) is 7.02. The minimum atomic E-state index is -0.763. The molecule has 6 rings (SSSR count). The highest BCUT2D eigenvalue weighted by Gasteiger charge is 2.32. The van der Waals surface area contributed by atoms with E-state index in [2.05, 4.69) is 9.97 Å². The molecule has 0 fully saturated rings. The highest BCUT2D eigenvalue weighted by atomic mass is 16.5. The van der Waals surface area contributed by atoms with Crippen LogP contribution in [0.4, 0.5) is 0 Å². The first-order valence-electron chi connectivity index (χ1n) is 9.50. The van der Waals surface area contributed by atoms with Crippen LogP contribution in [0, 0.1) is 0 Å². The first-order chi connectivity index (χ1) is 15.2. The standard InChI is InChI=1S/C24H12N2O5/c27-20-16-10-14-8-4-5-9-15(14)11-18(16)29-24(28)17(20)12-19-25-22-23(30-19)26-21(31-22)13-6-2-1-3-7-13/h1-12H/b17-12-. The smallest absolute Gasteiger partial charge is 0.347 e. The Hall–Kier alpha value is -4.52. The lowest BCUT2D eigenvalue weighted by atomic mass is 9.96. The lowest BCUT2D eigenvalue weighted by Crippen LogP contribution is -2.25. The number of hydrogen-bond donors (Lipinski definition) is 0. The van der Waals surface area contributed by atoms with Gasteiger partial charge in [-0.05, 0) is 35.0 Å². The van der Waals surface area contributed by atoms with Crippen molar-refractivity contribution in [3.05, 3.63) is 83.8 Å². The highest BCUT2D eigenvalue weighted by molar-refractivity contribution is 6.30. The maximum Gasteiger partial charge on any atom is 0.347 e. The SMILES string of the molecule is O=C1Oc2cc3ccccc3cc2C(=O)/C1=C/c1nc2oc(-c3ccccc3)nc2o1. The molecule has 0 aliphatic carbocycles. The Morgan fingerprint density at radius 1 is 0.774 bits per heavy atom. The van der Waals surface area contributed by atoms with Gasteiger partial charge in [-0.25, -0.2) is 4.79 Å². The summed E-state index contributed by atoms with van der Waals surface area (Å²) in [4.78, 5) is 33.9. The summed E-state index contributed by atoms with van der Waals surface area (Å²) in [6, 6.07) is 20.3. The summed E-state index contributed by atoms with van der Waals surface area (Å²) < 4.78 is 16.6. The predicted molar refractivity (Wildman–Crippen MR) is 111 cm³/mol. The molecule has 0 N–H and O–H groups in total. The van der Waals surface area contributed by atoms with E-state index in [1.165, 1.54) is 6.08 Å². The van der Waals surface area contributed by atoms with Gasteiger partial charge in [0.1, 0.15) is 11.3 Å². The minimum Gasteiger partial charge on any atom is -0.422 e. The van der Waals surface area contributed by atoms with Crippen LogP contribution in [0.25, 0.3) is 39.7 Å². The molecule has 0 unspecified atom stereocenters. The van der Waals surface area contributed by atoms with Crippen LogP contribution in [0.15, 0.2) is 81.1 Å².